The average Bonchev–Trinajstić information content (AvgIpc) is 2.09. The molecule has 1 aromatic carbocycles. The molecule has 1 rings (SSSR count). The summed E-state index contributed by atoms with van der Waals surface area (Å²) in [6, 6.07) is 2.16. The van der Waals surface area contributed by atoms with Gasteiger partial charge in [-0.2, -0.15) is 0 Å². The molecule has 4 nitrogen and oxygen atoms in total. The van der Waals surface area contributed by atoms with E-state index in [-0.39, 0.29) is 23.2 Å². The summed E-state index contributed by atoms with van der Waals surface area (Å²) in [6.07, 6.45) is 0.366. The predicted octanol–water partition coefficient (Wildman–Crippen LogP) is 1.78. The number of carbonyl (C=O) groups is 1. The van der Waals surface area contributed by atoms with Crippen molar-refractivity contribution in [3.8, 4) is 0 Å². The molecule has 0 spiro atoms. The Labute approximate surface area is 79.5 Å². The van der Waals surface area contributed by atoms with Crippen LogP contribution in [0.25, 0.3) is 0 Å². The third-order valence-electron chi connectivity index (χ3n) is 1.86. The Hall–Kier alpha value is -1.78. The molecular formula is C9H8FNO3. The molecule has 0 bridgehead atoms. The van der Waals surface area contributed by atoms with Crippen LogP contribution in [0.2, 0.25) is 0 Å². The Morgan fingerprint density at radius 2 is 2.21 bits per heavy atom. The summed E-state index contributed by atoms with van der Waals surface area (Å²) in [5.74, 6) is -0.583. The smallest absolute Gasteiger partial charge is 0.272 e. The van der Waals surface area contributed by atoms with E-state index >= 15 is 0 Å². The van der Waals surface area contributed by atoms with Gasteiger partial charge in [-0.15, -0.1) is 0 Å². The number of rotatable bonds is 3. The number of nitro groups is 1. The molecule has 0 atom stereocenters. The van der Waals surface area contributed by atoms with Crippen molar-refractivity contribution in [1.82, 2.24) is 0 Å². The largest absolute Gasteiger partial charge is 0.303 e. The maximum Gasteiger partial charge on any atom is 0.272 e. The summed E-state index contributed by atoms with van der Waals surface area (Å²) in [4.78, 5) is 20.0. The molecule has 0 heterocycles. The number of aldehydes is 1. The summed E-state index contributed by atoms with van der Waals surface area (Å²) in [6.45, 7) is 1.45. The SMILES string of the molecule is Cc1cc(F)c(CC=O)cc1[N+](=O)[O-]. The molecule has 0 saturated carbocycles. The van der Waals surface area contributed by atoms with Crippen LogP contribution in [0.3, 0.4) is 0 Å². The minimum absolute atomic E-state index is 0.0531. The Balaban J connectivity index is 3.26. The molecule has 0 radical (unpaired) electrons. The van der Waals surface area contributed by atoms with Crippen LogP contribution in [-0.4, -0.2) is 11.2 Å². The summed E-state index contributed by atoms with van der Waals surface area (Å²) in [7, 11) is 0. The highest BCUT2D eigenvalue weighted by atomic mass is 19.1. The zero-order valence-corrected chi connectivity index (χ0v) is 7.49. The number of nitrogens with zero attached hydrogens (tertiary/aromatic N) is 1. The fraction of sp³-hybridized carbons (Fsp3) is 0.222. The van der Waals surface area contributed by atoms with Crippen molar-refractivity contribution in [2.45, 2.75) is 13.3 Å². The quantitative estimate of drug-likeness (QED) is 0.421. The fourth-order valence-electron chi connectivity index (χ4n) is 1.15. The lowest BCUT2D eigenvalue weighted by Gasteiger charge is -2.01. The van der Waals surface area contributed by atoms with Crippen molar-refractivity contribution in [3.05, 3.63) is 39.2 Å². The van der Waals surface area contributed by atoms with Crippen molar-refractivity contribution in [2.75, 3.05) is 0 Å². The monoisotopic (exact) mass is 197 g/mol. The lowest BCUT2D eigenvalue weighted by molar-refractivity contribution is -0.385. The molecule has 0 saturated heterocycles. The standard InChI is InChI=1S/C9H8FNO3/c1-6-4-8(10)7(2-3-12)5-9(6)11(13)14/h3-5H,2H2,1H3. The Bertz CT molecular complexity index is 390. The van der Waals surface area contributed by atoms with Gasteiger partial charge in [0.2, 0.25) is 0 Å². The van der Waals surface area contributed by atoms with E-state index in [1.165, 1.54) is 6.92 Å². The van der Waals surface area contributed by atoms with E-state index in [2.05, 4.69) is 0 Å². The fourth-order valence-corrected chi connectivity index (χ4v) is 1.15. The van der Waals surface area contributed by atoms with Crippen molar-refractivity contribution in [1.29, 1.82) is 0 Å². The zero-order valence-electron chi connectivity index (χ0n) is 7.49. The summed E-state index contributed by atoms with van der Waals surface area (Å²) < 4.78 is 13.1. The van der Waals surface area contributed by atoms with E-state index in [0.717, 1.165) is 12.1 Å². The van der Waals surface area contributed by atoms with E-state index < -0.39 is 10.7 Å². The molecule has 0 aliphatic carbocycles. The molecule has 0 aliphatic rings. The van der Waals surface area contributed by atoms with Gasteiger partial charge < -0.3 is 4.79 Å². The van der Waals surface area contributed by atoms with Gasteiger partial charge in [-0.25, -0.2) is 4.39 Å². The van der Waals surface area contributed by atoms with Crippen LogP contribution in [0.1, 0.15) is 11.1 Å². The van der Waals surface area contributed by atoms with Gasteiger partial charge in [-0.05, 0) is 13.0 Å². The Kier molecular flexibility index (Phi) is 2.91. The van der Waals surface area contributed by atoms with Crippen molar-refractivity contribution < 1.29 is 14.1 Å². The van der Waals surface area contributed by atoms with Crippen LogP contribution >= 0.6 is 0 Å². The van der Waals surface area contributed by atoms with Gasteiger partial charge in [0.1, 0.15) is 12.1 Å². The first-order valence-corrected chi connectivity index (χ1v) is 3.93. The minimum atomic E-state index is -0.594. The van der Waals surface area contributed by atoms with Crippen LogP contribution in [0, 0.1) is 22.9 Å². The third-order valence-corrected chi connectivity index (χ3v) is 1.86. The molecule has 0 aliphatic heterocycles. The van der Waals surface area contributed by atoms with Gasteiger partial charge in [0.05, 0.1) is 4.92 Å². The molecule has 74 valence electrons. The molecule has 14 heavy (non-hydrogen) atoms. The predicted molar refractivity (Wildman–Crippen MR) is 47.6 cm³/mol. The van der Waals surface area contributed by atoms with Gasteiger partial charge in [0.15, 0.2) is 0 Å². The van der Waals surface area contributed by atoms with E-state index in [4.69, 9.17) is 0 Å². The Morgan fingerprint density at radius 1 is 1.57 bits per heavy atom. The molecule has 5 heteroatoms. The lowest BCUT2D eigenvalue weighted by Crippen LogP contribution is -1.98. The Morgan fingerprint density at radius 3 is 2.71 bits per heavy atom. The maximum atomic E-state index is 13.1. The second-order valence-electron chi connectivity index (χ2n) is 2.86. The number of carbonyl (C=O) groups excluding carboxylic acids is 1. The number of hydrogen-bond donors (Lipinski definition) is 0. The first kappa shape index (κ1) is 10.3. The second-order valence-corrected chi connectivity index (χ2v) is 2.86. The van der Waals surface area contributed by atoms with Crippen LogP contribution in [0.4, 0.5) is 10.1 Å². The normalized spacial score (nSPS) is 9.86. The number of hydrogen-bond acceptors (Lipinski definition) is 3. The minimum Gasteiger partial charge on any atom is -0.303 e. The van der Waals surface area contributed by atoms with Gasteiger partial charge in [0, 0.05) is 23.6 Å². The van der Waals surface area contributed by atoms with Crippen molar-refractivity contribution in [3.63, 3.8) is 0 Å². The maximum absolute atomic E-state index is 13.1. The van der Waals surface area contributed by atoms with E-state index in [1.54, 1.807) is 0 Å². The number of benzene rings is 1. The lowest BCUT2D eigenvalue weighted by atomic mass is 10.1. The van der Waals surface area contributed by atoms with Crippen LogP contribution in [-0.2, 0) is 11.2 Å². The number of halogens is 1. The van der Waals surface area contributed by atoms with Gasteiger partial charge in [0.25, 0.3) is 5.69 Å². The zero-order chi connectivity index (χ0) is 10.7. The molecular weight excluding hydrogens is 189 g/mol. The first-order chi connectivity index (χ1) is 6.56. The summed E-state index contributed by atoms with van der Waals surface area (Å²) >= 11 is 0. The van der Waals surface area contributed by atoms with Crippen LogP contribution < -0.4 is 0 Å². The molecule has 0 aromatic heterocycles. The molecule has 0 fully saturated rings. The van der Waals surface area contributed by atoms with Crippen LogP contribution in [0.5, 0.6) is 0 Å². The molecule has 1 aromatic rings. The first-order valence-electron chi connectivity index (χ1n) is 3.93. The molecule has 0 N–H and O–H groups in total. The van der Waals surface area contributed by atoms with E-state index in [1.807, 2.05) is 0 Å². The van der Waals surface area contributed by atoms with E-state index in [9.17, 15) is 19.3 Å². The summed E-state index contributed by atoms with van der Waals surface area (Å²) in [5.41, 5.74) is 0.141. The van der Waals surface area contributed by atoms with Gasteiger partial charge in [-0.1, -0.05) is 0 Å². The van der Waals surface area contributed by atoms with Crippen molar-refractivity contribution >= 4 is 12.0 Å². The van der Waals surface area contributed by atoms with E-state index in [0.29, 0.717) is 6.29 Å². The van der Waals surface area contributed by atoms with Crippen molar-refractivity contribution in [2.24, 2.45) is 0 Å². The molecule has 0 unspecified atom stereocenters. The second kappa shape index (κ2) is 3.95. The topological polar surface area (TPSA) is 60.2 Å². The highest BCUT2D eigenvalue weighted by molar-refractivity contribution is 5.57. The summed E-state index contributed by atoms with van der Waals surface area (Å²) in [5, 5.41) is 10.5. The highest BCUT2D eigenvalue weighted by Crippen LogP contribution is 2.22. The average molecular weight is 197 g/mol. The third kappa shape index (κ3) is 1.93. The van der Waals surface area contributed by atoms with Crippen LogP contribution in [0.15, 0.2) is 12.1 Å². The van der Waals surface area contributed by atoms with Gasteiger partial charge in [-0.3, -0.25) is 10.1 Å². The number of aryl methyl sites for hydroxylation is 1. The number of nitro benzene ring substituents is 1. The highest BCUT2D eigenvalue weighted by Gasteiger charge is 2.14. The molecule has 0 amide bonds. The van der Waals surface area contributed by atoms with Gasteiger partial charge >= 0.3 is 0 Å².